The Morgan fingerprint density at radius 2 is 2.24 bits per heavy atom. The molecule has 88 valence electrons. The van der Waals surface area contributed by atoms with Crippen molar-refractivity contribution in [3.63, 3.8) is 0 Å². The van der Waals surface area contributed by atoms with Gasteiger partial charge < -0.3 is 4.57 Å². The molecular formula is C13H13ClN2O. The Bertz CT molecular complexity index is 534. The number of aldehydes is 1. The van der Waals surface area contributed by atoms with Crippen LogP contribution >= 0.6 is 11.6 Å². The van der Waals surface area contributed by atoms with E-state index in [1.165, 1.54) is 0 Å². The molecule has 0 aliphatic carbocycles. The molecule has 1 aromatic heterocycles. The van der Waals surface area contributed by atoms with Crippen LogP contribution in [0, 0.1) is 0 Å². The topological polar surface area (TPSA) is 34.9 Å². The number of carbonyl (C=O) groups excluding carboxylic acids is 1. The first-order valence-electron chi connectivity index (χ1n) is 5.40. The molecule has 2 aromatic rings. The van der Waals surface area contributed by atoms with E-state index in [9.17, 15) is 4.79 Å². The highest BCUT2D eigenvalue weighted by Gasteiger charge is 2.07. The number of hydrogen-bond donors (Lipinski definition) is 0. The van der Waals surface area contributed by atoms with Gasteiger partial charge in [-0.1, -0.05) is 23.7 Å². The number of imidazole rings is 1. The molecular weight excluding hydrogens is 236 g/mol. The number of rotatable bonds is 4. The maximum Gasteiger partial charge on any atom is 0.168 e. The van der Waals surface area contributed by atoms with Crippen molar-refractivity contribution in [3.05, 3.63) is 52.6 Å². The maximum atomic E-state index is 10.9. The first-order valence-corrected chi connectivity index (χ1v) is 5.78. The predicted molar refractivity (Wildman–Crippen MR) is 67.5 cm³/mol. The van der Waals surface area contributed by atoms with Crippen molar-refractivity contribution in [2.75, 3.05) is 0 Å². The summed E-state index contributed by atoms with van der Waals surface area (Å²) in [4.78, 5) is 15.1. The number of nitrogens with zero attached hydrogens (tertiary/aromatic N) is 2. The van der Waals surface area contributed by atoms with Gasteiger partial charge in [0, 0.05) is 12.1 Å². The molecule has 4 heteroatoms. The summed E-state index contributed by atoms with van der Waals surface area (Å²) in [6.45, 7) is 0. The number of aromatic nitrogens is 2. The molecule has 0 unspecified atom stereocenters. The summed E-state index contributed by atoms with van der Waals surface area (Å²) in [6, 6.07) is 7.74. The molecule has 2 rings (SSSR count). The molecule has 1 aromatic carbocycles. The van der Waals surface area contributed by atoms with E-state index in [2.05, 4.69) is 4.98 Å². The van der Waals surface area contributed by atoms with E-state index >= 15 is 0 Å². The van der Waals surface area contributed by atoms with Crippen molar-refractivity contribution in [1.29, 1.82) is 0 Å². The zero-order chi connectivity index (χ0) is 12.3. The number of halogens is 1. The Hall–Kier alpha value is -1.61. The van der Waals surface area contributed by atoms with E-state index in [1.807, 2.05) is 31.3 Å². The second kappa shape index (κ2) is 5.15. The van der Waals surface area contributed by atoms with E-state index in [0.717, 1.165) is 35.4 Å². The Balaban J connectivity index is 2.09. The zero-order valence-corrected chi connectivity index (χ0v) is 10.3. The van der Waals surface area contributed by atoms with Crippen molar-refractivity contribution in [2.45, 2.75) is 12.8 Å². The molecule has 0 aliphatic rings. The van der Waals surface area contributed by atoms with Gasteiger partial charge in [0.1, 0.15) is 5.69 Å². The lowest BCUT2D eigenvalue weighted by Crippen LogP contribution is -1.99. The third kappa shape index (κ3) is 2.74. The highest BCUT2D eigenvalue weighted by Crippen LogP contribution is 2.13. The normalized spacial score (nSPS) is 10.5. The molecule has 1 heterocycles. The minimum atomic E-state index is 0.645. The van der Waals surface area contributed by atoms with Crippen molar-refractivity contribution < 1.29 is 4.79 Å². The lowest BCUT2D eigenvalue weighted by atomic mass is 10.1. The summed E-state index contributed by atoms with van der Waals surface area (Å²) in [5.41, 5.74) is 2.63. The number of benzene rings is 1. The quantitative estimate of drug-likeness (QED) is 0.780. The van der Waals surface area contributed by atoms with Gasteiger partial charge >= 0.3 is 0 Å². The summed E-state index contributed by atoms with van der Waals surface area (Å²) in [5.74, 6) is 0. The van der Waals surface area contributed by atoms with Gasteiger partial charge in [0.15, 0.2) is 6.29 Å². The molecule has 0 fully saturated rings. The highest BCUT2D eigenvalue weighted by molar-refractivity contribution is 6.30. The van der Waals surface area contributed by atoms with E-state index < -0.39 is 0 Å². The van der Waals surface area contributed by atoms with Crippen LogP contribution in [0.4, 0.5) is 0 Å². The molecule has 0 saturated carbocycles. The van der Waals surface area contributed by atoms with Crippen LogP contribution in [-0.2, 0) is 19.9 Å². The summed E-state index contributed by atoms with van der Waals surface area (Å²) in [6.07, 6.45) is 4.09. The first kappa shape index (κ1) is 11.9. The van der Waals surface area contributed by atoms with Gasteiger partial charge in [-0.05, 0) is 30.5 Å². The zero-order valence-electron chi connectivity index (χ0n) is 9.56. The van der Waals surface area contributed by atoms with Crippen molar-refractivity contribution in [2.24, 2.45) is 7.05 Å². The average molecular weight is 249 g/mol. The first-order chi connectivity index (χ1) is 8.20. The molecule has 0 N–H and O–H groups in total. The Labute approximate surface area is 105 Å². The van der Waals surface area contributed by atoms with Crippen LogP contribution in [0.3, 0.4) is 0 Å². The van der Waals surface area contributed by atoms with Crippen LogP contribution in [0.15, 0.2) is 30.6 Å². The predicted octanol–water partition coefficient (Wildman–Crippen LogP) is 2.67. The monoisotopic (exact) mass is 248 g/mol. The Morgan fingerprint density at radius 3 is 2.94 bits per heavy atom. The third-order valence-electron chi connectivity index (χ3n) is 2.71. The fourth-order valence-electron chi connectivity index (χ4n) is 1.79. The van der Waals surface area contributed by atoms with Gasteiger partial charge in [0.05, 0.1) is 12.0 Å². The van der Waals surface area contributed by atoms with E-state index in [0.29, 0.717) is 5.69 Å². The standard InChI is InChI=1S/C13H13ClN2O/c1-16-9-15-12(13(16)8-17)6-5-10-3-2-4-11(14)7-10/h2-4,7-9H,5-6H2,1H3. The van der Waals surface area contributed by atoms with Crippen molar-refractivity contribution in [1.82, 2.24) is 9.55 Å². The van der Waals surface area contributed by atoms with Gasteiger partial charge in [-0.3, -0.25) is 4.79 Å². The Kier molecular flexibility index (Phi) is 3.59. The summed E-state index contributed by atoms with van der Waals surface area (Å²) in [5, 5.41) is 0.735. The Morgan fingerprint density at radius 1 is 1.41 bits per heavy atom. The number of carbonyl (C=O) groups is 1. The van der Waals surface area contributed by atoms with Crippen LogP contribution in [0.2, 0.25) is 5.02 Å². The lowest BCUT2D eigenvalue weighted by molar-refractivity contribution is 0.111. The van der Waals surface area contributed by atoms with Crippen LogP contribution in [0.5, 0.6) is 0 Å². The molecule has 0 bridgehead atoms. The number of aryl methyl sites for hydroxylation is 3. The van der Waals surface area contributed by atoms with Crippen LogP contribution in [0.1, 0.15) is 21.7 Å². The van der Waals surface area contributed by atoms with Gasteiger partial charge in [-0.25, -0.2) is 4.98 Å². The smallest absolute Gasteiger partial charge is 0.168 e. The van der Waals surface area contributed by atoms with Gasteiger partial charge in [-0.15, -0.1) is 0 Å². The van der Waals surface area contributed by atoms with Crippen molar-refractivity contribution in [3.8, 4) is 0 Å². The molecule has 0 amide bonds. The fourth-order valence-corrected chi connectivity index (χ4v) is 2.00. The molecule has 0 spiro atoms. The number of hydrogen-bond acceptors (Lipinski definition) is 2. The van der Waals surface area contributed by atoms with E-state index in [1.54, 1.807) is 10.9 Å². The second-order valence-electron chi connectivity index (χ2n) is 3.94. The maximum absolute atomic E-state index is 10.9. The molecule has 0 radical (unpaired) electrons. The van der Waals surface area contributed by atoms with Crippen LogP contribution < -0.4 is 0 Å². The van der Waals surface area contributed by atoms with Crippen LogP contribution in [-0.4, -0.2) is 15.8 Å². The minimum Gasteiger partial charge on any atom is -0.331 e. The fraction of sp³-hybridized carbons (Fsp3) is 0.231. The van der Waals surface area contributed by atoms with Gasteiger partial charge in [0.25, 0.3) is 0 Å². The van der Waals surface area contributed by atoms with Gasteiger partial charge in [0.2, 0.25) is 0 Å². The molecule has 0 saturated heterocycles. The molecule has 17 heavy (non-hydrogen) atoms. The summed E-state index contributed by atoms with van der Waals surface area (Å²) >= 11 is 5.91. The second-order valence-corrected chi connectivity index (χ2v) is 4.37. The van der Waals surface area contributed by atoms with E-state index in [-0.39, 0.29) is 0 Å². The van der Waals surface area contributed by atoms with E-state index in [4.69, 9.17) is 11.6 Å². The summed E-state index contributed by atoms with van der Waals surface area (Å²) < 4.78 is 1.74. The van der Waals surface area contributed by atoms with Gasteiger partial charge in [-0.2, -0.15) is 0 Å². The molecule has 0 atom stereocenters. The third-order valence-corrected chi connectivity index (χ3v) is 2.95. The SMILES string of the molecule is Cn1cnc(CCc2cccc(Cl)c2)c1C=O. The largest absolute Gasteiger partial charge is 0.331 e. The minimum absolute atomic E-state index is 0.645. The van der Waals surface area contributed by atoms with Crippen molar-refractivity contribution >= 4 is 17.9 Å². The average Bonchev–Trinajstić information content (AvgIpc) is 2.67. The van der Waals surface area contributed by atoms with Crippen LogP contribution in [0.25, 0.3) is 0 Å². The molecule has 3 nitrogen and oxygen atoms in total. The summed E-state index contributed by atoms with van der Waals surface area (Å²) in [7, 11) is 1.82. The highest BCUT2D eigenvalue weighted by atomic mass is 35.5. The lowest BCUT2D eigenvalue weighted by Gasteiger charge is -2.01. The molecule has 0 aliphatic heterocycles.